The molecule has 3 heterocycles. The van der Waals surface area contributed by atoms with Crippen molar-refractivity contribution < 1.29 is 4.74 Å². The van der Waals surface area contributed by atoms with Crippen molar-refractivity contribution in [3.8, 4) is 5.75 Å². The van der Waals surface area contributed by atoms with E-state index in [9.17, 15) is 0 Å². The average molecular weight is 347 g/mol. The Kier molecular flexibility index (Phi) is 4.06. The minimum Gasteiger partial charge on any atom is -0.466 e. The third-order valence-corrected chi connectivity index (χ3v) is 5.26. The second-order valence-corrected chi connectivity index (χ2v) is 7.29. The molecule has 0 fully saturated rings. The molecule has 1 atom stereocenters. The van der Waals surface area contributed by atoms with Crippen LogP contribution in [0.3, 0.4) is 0 Å². The number of para-hydroxylation sites is 1. The van der Waals surface area contributed by atoms with Gasteiger partial charge in [-0.1, -0.05) is 31.5 Å². The maximum atomic E-state index is 6.29. The molecule has 4 nitrogen and oxygen atoms in total. The van der Waals surface area contributed by atoms with Crippen LogP contribution in [-0.2, 0) is 0 Å². The zero-order valence-electron chi connectivity index (χ0n) is 15.9. The van der Waals surface area contributed by atoms with Crippen LogP contribution in [0.25, 0.3) is 5.52 Å². The van der Waals surface area contributed by atoms with Gasteiger partial charge in [-0.25, -0.2) is 9.51 Å². The number of rotatable bonds is 4. The van der Waals surface area contributed by atoms with Gasteiger partial charge < -0.3 is 4.74 Å². The lowest BCUT2D eigenvalue weighted by Crippen LogP contribution is -2.35. The van der Waals surface area contributed by atoms with E-state index in [0.717, 1.165) is 53.1 Å². The fraction of sp³-hybridized carbons (Fsp3) is 0.364. The molecule has 1 unspecified atom stereocenters. The zero-order chi connectivity index (χ0) is 18.3. The topological polar surface area (TPSA) is 38.9 Å². The van der Waals surface area contributed by atoms with Crippen LogP contribution in [0.5, 0.6) is 5.75 Å². The zero-order valence-corrected chi connectivity index (χ0v) is 15.9. The Morgan fingerprint density at radius 3 is 2.69 bits per heavy atom. The molecule has 0 saturated carbocycles. The van der Waals surface area contributed by atoms with Gasteiger partial charge >= 0.3 is 0 Å². The van der Waals surface area contributed by atoms with E-state index in [1.165, 1.54) is 5.56 Å². The fourth-order valence-electron chi connectivity index (χ4n) is 3.58. The lowest BCUT2D eigenvalue weighted by molar-refractivity contribution is 0.0822. The van der Waals surface area contributed by atoms with Crippen molar-refractivity contribution in [2.45, 2.75) is 52.7 Å². The molecule has 4 rings (SSSR count). The van der Waals surface area contributed by atoms with Crippen molar-refractivity contribution in [2.24, 2.45) is 4.99 Å². The smallest absolute Gasteiger partial charge is 0.198 e. The Morgan fingerprint density at radius 2 is 1.88 bits per heavy atom. The largest absolute Gasteiger partial charge is 0.466 e. The van der Waals surface area contributed by atoms with Crippen LogP contribution in [-0.4, -0.2) is 21.1 Å². The van der Waals surface area contributed by atoms with Crippen molar-refractivity contribution in [1.82, 2.24) is 9.61 Å². The lowest BCUT2D eigenvalue weighted by atomic mass is 9.98. The van der Waals surface area contributed by atoms with E-state index in [1.807, 2.05) is 28.9 Å². The molecule has 1 aliphatic rings. The van der Waals surface area contributed by atoms with Gasteiger partial charge in [0.1, 0.15) is 5.75 Å². The van der Waals surface area contributed by atoms with E-state index >= 15 is 0 Å². The number of aryl methyl sites for hydroxylation is 2. The summed E-state index contributed by atoms with van der Waals surface area (Å²) in [5.41, 5.74) is 6.01. The maximum Gasteiger partial charge on any atom is 0.198 e. The number of unbranched alkanes of at least 4 members (excludes halogenated alkanes) is 1. The van der Waals surface area contributed by atoms with Gasteiger partial charge in [-0.05, 0) is 51.0 Å². The third-order valence-electron chi connectivity index (χ3n) is 5.26. The first kappa shape index (κ1) is 16.8. The predicted molar refractivity (Wildman–Crippen MR) is 105 cm³/mol. The summed E-state index contributed by atoms with van der Waals surface area (Å²) < 4.78 is 8.30. The Labute approximate surface area is 154 Å². The number of aromatic nitrogens is 2. The SMILES string of the molecule is CCCCC1(C)N=C(c2cnn3c(C)c(C)ccc23)c2ccccc2O1. The maximum absolute atomic E-state index is 6.29. The Hall–Kier alpha value is -2.62. The number of fused-ring (bicyclic) bond motifs is 2. The minimum absolute atomic E-state index is 0.534. The highest BCUT2D eigenvalue weighted by molar-refractivity contribution is 6.18. The molecule has 2 aromatic heterocycles. The van der Waals surface area contributed by atoms with E-state index < -0.39 is 5.72 Å². The highest BCUT2D eigenvalue weighted by Gasteiger charge is 2.33. The summed E-state index contributed by atoms with van der Waals surface area (Å²) in [4.78, 5) is 5.08. The first-order chi connectivity index (χ1) is 12.5. The Balaban J connectivity index is 1.91. The third kappa shape index (κ3) is 2.70. The van der Waals surface area contributed by atoms with Crippen LogP contribution in [0.4, 0.5) is 0 Å². The molecule has 3 aromatic rings. The van der Waals surface area contributed by atoms with E-state index in [2.05, 4.69) is 51.0 Å². The summed E-state index contributed by atoms with van der Waals surface area (Å²) in [6.07, 6.45) is 5.05. The van der Waals surface area contributed by atoms with Crippen LogP contribution in [0, 0.1) is 13.8 Å². The van der Waals surface area contributed by atoms with Crippen molar-refractivity contribution in [3.63, 3.8) is 0 Å². The molecule has 1 aromatic carbocycles. The van der Waals surface area contributed by atoms with Gasteiger partial charge in [0, 0.05) is 23.2 Å². The molecular formula is C22H25N3O. The van der Waals surface area contributed by atoms with Gasteiger partial charge in [0.2, 0.25) is 0 Å². The normalized spacial score (nSPS) is 19.2. The Bertz CT molecular complexity index is 1000. The summed E-state index contributed by atoms with van der Waals surface area (Å²) in [6, 6.07) is 12.5. The first-order valence-electron chi connectivity index (χ1n) is 9.35. The van der Waals surface area contributed by atoms with Crippen molar-refractivity contribution in [2.75, 3.05) is 0 Å². The van der Waals surface area contributed by atoms with Crippen molar-refractivity contribution >= 4 is 11.2 Å². The molecule has 0 amide bonds. The number of hydrogen-bond donors (Lipinski definition) is 0. The molecule has 26 heavy (non-hydrogen) atoms. The highest BCUT2D eigenvalue weighted by Crippen LogP contribution is 2.36. The first-order valence-corrected chi connectivity index (χ1v) is 9.35. The average Bonchev–Trinajstić information content (AvgIpc) is 3.07. The summed E-state index contributed by atoms with van der Waals surface area (Å²) in [6.45, 7) is 8.49. The molecular weight excluding hydrogens is 322 g/mol. The molecule has 0 spiro atoms. The molecule has 0 saturated heterocycles. The molecule has 0 bridgehead atoms. The fourth-order valence-corrected chi connectivity index (χ4v) is 3.58. The number of aliphatic imine (C=N–C) groups is 1. The van der Waals surface area contributed by atoms with Gasteiger partial charge in [-0.2, -0.15) is 5.10 Å². The molecule has 0 aliphatic carbocycles. The van der Waals surface area contributed by atoms with Gasteiger partial charge in [0.25, 0.3) is 0 Å². The minimum atomic E-state index is -0.534. The number of hydrogen-bond acceptors (Lipinski definition) is 3. The van der Waals surface area contributed by atoms with Gasteiger partial charge in [0.15, 0.2) is 5.72 Å². The molecule has 0 radical (unpaired) electrons. The van der Waals surface area contributed by atoms with E-state index in [0.29, 0.717) is 0 Å². The summed E-state index contributed by atoms with van der Waals surface area (Å²) in [7, 11) is 0. The molecule has 134 valence electrons. The van der Waals surface area contributed by atoms with Crippen LogP contribution >= 0.6 is 0 Å². The second kappa shape index (κ2) is 6.27. The van der Waals surface area contributed by atoms with Crippen molar-refractivity contribution in [3.05, 3.63) is 65.0 Å². The summed E-state index contributed by atoms with van der Waals surface area (Å²) >= 11 is 0. The van der Waals surface area contributed by atoms with E-state index in [1.54, 1.807) is 0 Å². The van der Waals surface area contributed by atoms with Crippen molar-refractivity contribution in [1.29, 1.82) is 0 Å². The lowest BCUT2D eigenvalue weighted by Gasteiger charge is -2.33. The molecule has 0 N–H and O–H groups in total. The number of pyridine rings is 1. The number of ether oxygens (including phenoxy) is 1. The predicted octanol–water partition coefficient (Wildman–Crippen LogP) is 5.09. The second-order valence-electron chi connectivity index (χ2n) is 7.29. The molecule has 1 aliphatic heterocycles. The Morgan fingerprint density at radius 1 is 1.08 bits per heavy atom. The van der Waals surface area contributed by atoms with Crippen LogP contribution in [0.2, 0.25) is 0 Å². The van der Waals surface area contributed by atoms with Crippen LogP contribution in [0.15, 0.2) is 47.6 Å². The number of benzene rings is 1. The van der Waals surface area contributed by atoms with E-state index in [4.69, 9.17) is 9.73 Å². The van der Waals surface area contributed by atoms with Gasteiger partial charge in [-0.15, -0.1) is 0 Å². The van der Waals surface area contributed by atoms with Gasteiger partial charge in [-0.3, -0.25) is 0 Å². The summed E-state index contributed by atoms with van der Waals surface area (Å²) in [5, 5.41) is 4.63. The van der Waals surface area contributed by atoms with Crippen LogP contribution < -0.4 is 4.74 Å². The number of nitrogens with zero attached hydrogens (tertiary/aromatic N) is 3. The molecule has 4 heteroatoms. The summed E-state index contributed by atoms with van der Waals surface area (Å²) in [5.74, 6) is 0.902. The van der Waals surface area contributed by atoms with Crippen LogP contribution in [0.1, 0.15) is 55.5 Å². The highest BCUT2D eigenvalue weighted by atomic mass is 16.5. The van der Waals surface area contributed by atoms with E-state index in [-0.39, 0.29) is 0 Å². The van der Waals surface area contributed by atoms with Gasteiger partial charge in [0.05, 0.1) is 17.4 Å². The standard InChI is InChI=1S/C22H25N3O/c1-5-6-13-22(4)24-21(17-9-7-8-10-20(17)26-22)18-14-23-25-16(3)15(2)11-12-19(18)25/h7-12,14H,5-6,13H2,1-4H3. The quantitative estimate of drug-likeness (QED) is 0.659. The monoisotopic (exact) mass is 347 g/mol.